The van der Waals surface area contributed by atoms with Crippen LogP contribution in [0.2, 0.25) is 5.15 Å². The number of ether oxygens (including phenoxy) is 1. The number of anilines is 2. The van der Waals surface area contributed by atoms with Crippen molar-refractivity contribution in [2.75, 3.05) is 5.32 Å². The lowest BCUT2D eigenvalue weighted by Gasteiger charge is -2.14. The molecule has 0 saturated carbocycles. The first kappa shape index (κ1) is 15.6. The van der Waals surface area contributed by atoms with Crippen LogP contribution in [-0.2, 0) is 0 Å². The number of aryl methyl sites for hydroxylation is 2. The van der Waals surface area contributed by atoms with Crippen molar-refractivity contribution in [3.63, 3.8) is 0 Å². The molecule has 0 bridgehead atoms. The molecule has 0 amide bonds. The summed E-state index contributed by atoms with van der Waals surface area (Å²) in [6, 6.07) is 7.74. The van der Waals surface area contributed by atoms with Crippen LogP contribution in [-0.4, -0.2) is 16.1 Å². The van der Waals surface area contributed by atoms with Crippen LogP contribution < -0.4 is 10.1 Å². The normalized spacial score (nSPS) is 12.0. The number of nitrogens with zero attached hydrogens (tertiary/aromatic N) is 2. The van der Waals surface area contributed by atoms with Crippen molar-refractivity contribution in [1.29, 1.82) is 0 Å². The van der Waals surface area contributed by atoms with Crippen LogP contribution in [0.5, 0.6) is 5.75 Å². The van der Waals surface area contributed by atoms with Crippen LogP contribution in [0.15, 0.2) is 24.3 Å². The molecule has 2 aromatic rings. The molecule has 1 atom stereocenters. The molecule has 2 rings (SSSR count). The fourth-order valence-corrected chi connectivity index (χ4v) is 1.97. The molecule has 0 aliphatic heterocycles. The molecule has 0 aliphatic rings. The molecule has 1 heterocycles. The molecule has 0 spiro atoms. The molecule has 0 radical (unpaired) electrons. The van der Waals surface area contributed by atoms with Crippen LogP contribution in [0, 0.1) is 13.8 Å². The number of nitrogens with one attached hydrogen (secondary N) is 1. The van der Waals surface area contributed by atoms with Crippen molar-refractivity contribution in [1.82, 2.24) is 9.97 Å². The van der Waals surface area contributed by atoms with E-state index in [0.29, 0.717) is 11.0 Å². The molecule has 0 fully saturated rings. The van der Waals surface area contributed by atoms with Gasteiger partial charge >= 0.3 is 0 Å². The maximum Gasteiger partial charge on any atom is 0.172 e. The minimum absolute atomic E-state index is 0.185. The third kappa shape index (κ3) is 4.08. The van der Waals surface area contributed by atoms with E-state index in [1.807, 2.05) is 45.0 Å². The third-order valence-corrected chi connectivity index (χ3v) is 3.54. The van der Waals surface area contributed by atoms with E-state index in [2.05, 4.69) is 22.2 Å². The first-order valence-electron chi connectivity index (χ1n) is 7.04. The first-order chi connectivity index (χ1) is 9.99. The Morgan fingerprint density at radius 1 is 1.24 bits per heavy atom. The van der Waals surface area contributed by atoms with Crippen LogP contribution in [0.4, 0.5) is 11.5 Å². The molecule has 0 saturated heterocycles. The quantitative estimate of drug-likeness (QED) is 0.872. The van der Waals surface area contributed by atoms with Crippen LogP contribution in [0.3, 0.4) is 0 Å². The standard InChI is InChI=1S/C16H20ClN3O/c1-5-10(2)21-14-8-6-7-13(9-14)20-16-15(17)18-11(3)12(4)19-16/h6-10H,5H2,1-4H3,(H,19,20). The predicted molar refractivity (Wildman–Crippen MR) is 86.6 cm³/mol. The number of aromatic nitrogens is 2. The highest BCUT2D eigenvalue weighted by molar-refractivity contribution is 6.31. The van der Waals surface area contributed by atoms with Gasteiger partial charge in [-0.15, -0.1) is 0 Å². The van der Waals surface area contributed by atoms with Gasteiger partial charge in [0.05, 0.1) is 17.5 Å². The molecule has 0 aliphatic carbocycles. The highest BCUT2D eigenvalue weighted by Crippen LogP contribution is 2.25. The van der Waals surface area contributed by atoms with Gasteiger partial charge in [-0.05, 0) is 39.3 Å². The summed E-state index contributed by atoms with van der Waals surface area (Å²) in [7, 11) is 0. The van der Waals surface area contributed by atoms with E-state index in [0.717, 1.165) is 29.2 Å². The summed E-state index contributed by atoms with van der Waals surface area (Å²) in [5.41, 5.74) is 2.56. The molecule has 1 aromatic carbocycles. The molecule has 1 aromatic heterocycles. The average Bonchev–Trinajstić information content (AvgIpc) is 2.45. The highest BCUT2D eigenvalue weighted by Gasteiger charge is 2.08. The lowest BCUT2D eigenvalue weighted by atomic mass is 10.2. The van der Waals surface area contributed by atoms with E-state index in [4.69, 9.17) is 16.3 Å². The topological polar surface area (TPSA) is 47.0 Å². The van der Waals surface area contributed by atoms with E-state index in [-0.39, 0.29) is 6.10 Å². The summed E-state index contributed by atoms with van der Waals surface area (Å²) in [6.45, 7) is 7.94. The fourth-order valence-electron chi connectivity index (χ4n) is 1.75. The molecule has 1 N–H and O–H groups in total. The smallest absolute Gasteiger partial charge is 0.172 e. The Bertz CT molecular complexity index is 631. The van der Waals surface area contributed by atoms with Crippen molar-refractivity contribution in [3.8, 4) is 5.75 Å². The van der Waals surface area contributed by atoms with Gasteiger partial charge in [0.25, 0.3) is 0 Å². The van der Waals surface area contributed by atoms with Crippen LogP contribution in [0.25, 0.3) is 0 Å². The summed E-state index contributed by atoms with van der Waals surface area (Å²) in [5, 5.41) is 3.55. The van der Waals surface area contributed by atoms with Crippen molar-refractivity contribution in [2.45, 2.75) is 40.2 Å². The lowest BCUT2D eigenvalue weighted by molar-refractivity contribution is 0.217. The maximum absolute atomic E-state index is 6.13. The highest BCUT2D eigenvalue weighted by atomic mass is 35.5. The van der Waals surface area contributed by atoms with Crippen molar-refractivity contribution in [3.05, 3.63) is 40.8 Å². The number of halogens is 1. The molecule has 4 nitrogen and oxygen atoms in total. The van der Waals surface area contributed by atoms with Gasteiger partial charge in [-0.2, -0.15) is 0 Å². The average molecular weight is 306 g/mol. The van der Waals surface area contributed by atoms with Crippen molar-refractivity contribution in [2.24, 2.45) is 0 Å². The zero-order valence-electron chi connectivity index (χ0n) is 12.8. The Hall–Kier alpha value is -1.81. The number of hydrogen-bond acceptors (Lipinski definition) is 4. The Balaban J connectivity index is 2.20. The minimum Gasteiger partial charge on any atom is -0.491 e. The molecular weight excluding hydrogens is 286 g/mol. The van der Waals surface area contributed by atoms with E-state index in [9.17, 15) is 0 Å². The second-order valence-corrected chi connectivity index (χ2v) is 5.38. The van der Waals surface area contributed by atoms with Gasteiger partial charge in [0.2, 0.25) is 0 Å². The van der Waals surface area contributed by atoms with E-state index < -0.39 is 0 Å². The van der Waals surface area contributed by atoms with Gasteiger partial charge in [-0.3, -0.25) is 0 Å². The Morgan fingerprint density at radius 3 is 2.67 bits per heavy atom. The summed E-state index contributed by atoms with van der Waals surface area (Å²) < 4.78 is 5.81. The van der Waals surface area contributed by atoms with E-state index >= 15 is 0 Å². The third-order valence-electron chi connectivity index (χ3n) is 3.27. The monoisotopic (exact) mass is 305 g/mol. The second-order valence-electron chi connectivity index (χ2n) is 5.02. The molecule has 1 unspecified atom stereocenters. The summed E-state index contributed by atoms with van der Waals surface area (Å²) in [5.74, 6) is 1.38. The zero-order chi connectivity index (χ0) is 15.4. The fraction of sp³-hybridized carbons (Fsp3) is 0.375. The van der Waals surface area contributed by atoms with Gasteiger partial charge < -0.3 is 10.1 Å². The summed E-state index contributed by atoms with van der Waals surface area (Å²) in [6.07, 6.45) is 1.15. The second kappa shape index (κ2) is 6.76. The SMILES string of the molecule is CCC(C)Oc1cccc(Nc2nc(C)c(C)nc2Cl)c1. The molecule has 21 heavy (non-hydrogen) atoms. The Labute approximate surface area is 130 Å². The van der Waals surface area contributed by atoms with Gasteiger partial charge in [-0.1, -0.05) is 24.6 Å². The number of benzene rings is 1. The minimum atomic E-state index is 0.185. The van der Waals surface area contributed by atoms with Crippen LogP contribution >= 0.6 is 11.6 Å². The van der Waals surface area contributed by atoms with Gasteiger partial charge in [-0.25, -0.2) is 9.97 Å². The maximum atomic E-state index is 6.13. The lowest BCUT2D eigenvalue weighted by Crippen LogP contribution is -2.09. The molecular formula is C16H20ClN3O. The molecule has 5 heteroatoms. The van der Waals surface area contributed by atoms with E-state index in [1.165, 1.54) is 0 Å². The van der Waals surface area contributed by atoms with Gasteiger partial charge in [0, 0.05) is 11.8 Å². The summed E-state index contributed by atoms with van der Waals surface area (Å²) in [4.78, 5) is 8.69. The van der Waals surface area contributed by atoms with E-state index in [1.54, 1.807) is 0 Å². The first-order valence-corrected chi connectivity index (χ1v) is 7.42. The largest absolute Gasteiger partial charge is 0.491 e. The van der Waals surface area contributed by atoms with Crippen molar-refractivity contribution < 1.29 is 4.74 Å². The summed E-state index contributed by atoms with van der Waals surface area (Å²) >= 11 is 6.13. The van der Waals surface area contributed by atoms with Gasteiger partial charge in [0.15, 0.2) is 11.0 Å². The molecule has 112 valence electrons. The predicted octanol–water partition coefficient (Wildman–Crippen LogP) is 4.67. The number of hydrogen-bond donors (Lipinski definition) is 1. The zero-order valence-corrected chi connectivity index (χ0v) is 13.5. The van der Waals surface area contributed by atoms with Gasteiger partial charge in [0.1, 0.15) is 5.75 Å². The van der Waals surface area contributed by atoms with Crippen molar-refractivity contribution >= 4 is 23.1 Å². The Morgan fingerprint density at radius 2 is 1.95 bits per heavy atom. The number of rotatable bonds is 5. The van der Waals surface area contributed by atoms with Crippen LogP contribution in [0.1, 0.15) is 31.7 Å². The Kier molecular flexibility index (Phi) is 5.02.